The summed E-state index contributed by atoms with van der Waals surface area (Å²) >= 11 is 3.48. The van der Waals surface area contributed by atoms with Gasteiger partial charge in [-0.05, 0) is 35.2 Å². The van der Waals surface area contributed by atoms with Crippen molar-refractivity contribution in [3.8, 4) is 0 Å². The van der Waals surface area contributed by atoms with E-state index in [-0.39, 0.29) is 0 Å². The van der Waals surface area contributed by atoms with Crippen molar-refractivity contribution in [2.75, 3.05) is 0 Å². The first-order valence-electron chi connectivity index (χ1n) is 7.42. The molecule has 0 fully saturated rings. The van der Waals surface area contributed by atoms with Crippen LogP contribution in [0.4, 0.5) is 0 Å². The fraction of sp³-hybridized carbons (Fsp3) is 0.750. The van der Waals surface area contributed by atoms with Gasteiger partial charge in [0.15, 0.2) is 0 Å². The first-order chi connectivity index (χ1) is 8.70. The Balaban J connectivity index is 0.000000494. The van der Waals surface area contributed by atoms with Gasteiger partial charge in [0.1, 0.15) is 0 Å². The zero-order valence-corrected chi connectivity index (χ0v) is 16.0. The molecule has 0 bridgehead atoms. The number of unbranched alkanes of at least 4 members (excludes halogenated alkanes) is 5. The summed E-state index contributed by atoms with van der Waals surface area (Å²) in [6.45, 7) is 6.75. The third-order valence-corrected chi connectivity index (χ3v) is 4.91. The van der Waals surface area contributed by atoms with Crippen LogP contribution in [0, 0.1) is 0 Å². The minimum absolute atomic E-state index is 0.974. The van der Waals surface area contributed by atoms with Crippen LogP contribution in [-0.4, -0.2) is 22.5 Å². The molecule has 0 nitrogen and oxygen atoms in total. The van der Waals surface area contributed by atoms with Crippen molar-refractivity contribution >= 4 is 33.9 Å². The van der Waals surface area contributed by atoms with Crippen LogP contribution in [0.15, 0.2) is 16.8 Å². The molecule has 0 aliphatic rings. The monoisotopic (exact) mass is 373 g/mol. The summed E-state index contributed by atoms with van der Waals surface area (Å²) in [5, 5.41) is 4.44. The number of thiophene rings is 1. The van der Waals surface area contributed by atoms with Gasteiger partial charge in [0.05, 0.1) is 0 Å². The van der Waals surface area contributed by atoms with Crippen molar-refractivity contribution in [3.63, 3.8) is 0 Å². The summed E-state index contributed by atoms with van der Waals surface area (Å²) in [5.41, 5.74) is 1.53. The predicted octanol–water partition coefficient (Wildman–Crippen LogP) is 6.02. The van der Waals surface area contributed by atoms with Crippen LogP contribution in [0.5, 0.6) is 0 Å². The van der Waals surface area contributed by atoms with Crippen LogP contribution >= 0.6 is 11.3 Å². The molecule has 0 saturated heterocycles. The van der Waals surface area contributed by atoms with Gasteiger partial charge in [-0.1, -0.05) is 39.0 Å². The van der Waals surface area contributed by atoms with E-state index in [9.17, 15) is 0 Å². The van der Waals surface area contributed by atoms with Gasteiger partial charge in [-0.2, -0.15) is 11.3 Å². The van der Waals surface area contributed by atoms with Gasteiger partial charge in [0.2, 0.25) is 0 Å². The molecule has 1 atom stereocenters. The second kappa shape index (κ2) is 13.9. The third-order valence-electron chi connectivity index (χ3n) is 3.01. The van der Waals surface area contributed by atoms with Gasteiger partial charge in [0.25, 0.3) is 0 Å². The van der Waals surface area contributed by atoms with Gasteiger partial charge in [-0.25, -0.2) is 0 Å². The van der Waals surface area contributed by atoms with Crippen LogP contribution in [-0.2, 0) is 6.42 Å². The quantitative estimate of drug-likeness (QED) is 0.386. The van der Waals surface area contributed by atoms with E-state index in [1.165, 1.54) is 56.9 Å². The average molecular weight is 372 g/mol. The number of hydrogen-bond donors (Lipinski definition) is 0. The fourth-order valence-corrected chi connectivity index (χ4v) is 2.25. The van der Waals surface area contributed by atoms with E-state index in [2.05, 4.69) is 37.6 Å². The van der Waals surface area contributed by atoms with E-state index >= 15 is 0 Å². The Kier molecular flexibility index (Phi) is 14.3. The van der Waals surface area contributed by atoms with Crippen molar-refractivity contribution in [1.29, 1.82) is 0 Å². The standard InChI is InChI=1S/C12H20S.C4H9.Sn/c1-2-3-4-5-6-7-8-12-9-10-13-11-12;1-3-4-2;/h9-11H,2-8H2,1H3;3H,4H2,1-2H3;. The van der Waals surface area contributed by atoms with E-state index in [1.54, 1.807) is 22.5 Å². The normalized spacial score (nSPS) is 11.8. The molecular weight excluding hydrogens is 343 g/mol. The van der Waals surface area contributed by atoms with Gasteiger partial charge in [-0.15, -0.1) is 0 Å². The zero-order chi connectivity index (χ0) is 13.6. The molecule has 0 aromatic carbocycles. The van der Waals surface area contributed by atoms with Crippen LogP contribution in [0.1, 0.15) is 71.3 Å². The maximum atomic E-state index is 2.27. The second-order valence-electron chi connectivity index (χ2n) is 4.96. The average Bonchev–Trinajstić information content (AvgIpc) is 2.87. The summed E-state index contributed by atoms with van der Waals surface area (Å²) in [7, 11) is 0. The molecule has 1 rings (SSSR count). The molecule has 1 heterocycles. The Labute approximate surface area is 132 Å². The third kappa shape index (κ3) is 12.9. The Hall–Kier alpha value is 0.499. The SMILES string of the molecule is CCCCCCCCc1ccsc1.CC[CH](C)[Sn]. The molecule has 3 radical (unpaired) electrons. The molecule has 1 aromatic heterocycles. The van der Waals surface area contributed by atoms with E-state index < -0.39 is 0 Å². The van der Waals surface area contributed by atoms with Gasteiger partial charge >= 0.3 is 46.7 Å². The number of rotatable bonds is 8. The minimum atomic E-state index is 0.974. The molecule has 18 heavy (non-hydrogen) atoms. The van der Waals surface area contributed by atoms with Gasteiger partial charge in [0, 0.05) is 0 Å². The molecule has 0 spiro atoms. The van der Waals surface area contributed by atoms with Crippen LogP contribution in [0.3, 0.4) is 0 Å². The van der Waals surface area contributed by atoms with Crippen molar-refractivity contribution in [1.82, 2.24) is 0 Å². The molecule has 0 aliphatic heterocycles. The topological polar surface area (TPSA) is 0 Å². The summed E-state index contributed by atoms with van der Waals surface area (Å²) in [6, 6.07) is 2.25. The van der Waals surface area contributed by atoms with Gasteiger partial charge in [-0.3, -0.25) is 0 Å². The van der Waals surface area contributed by atoms with E-state index in [1.807, 2.05) is 11.3 Å². The number of aryl methyl sites for hydroxylation is 1. The van der Waals surface area contributed by atoms with E-state index in [0.29, 0.717) is 0 Å². The first-order valence-corrected chi connectivity index (χ1v) is 10.0. The van der Waals surface area contributed by atoms with Crippen LogP contribution in [0.25, 0.3) is 0 Å². The second-order valence-corrected chi connectivity index (χ2v) is 8.55. The first kappa shape index (κ1) is 18.5. The van der Waals surface area contributed by atoms with E-state index in [4.69, 9.17) is 0 Å². The summed E-state index contributed by atoms with van der Waals surface area (Å²) < 4.78 is 0.974. The molecule has 0 N–H and O–H groups in total. The number of hydrogen-bond acceptors (Lipinski definition) is 1. The molecule has 0 amide bonds. The maximum absolute atomic E-state index is 2.27. The molecule has 1 aromatic rings. The summed E-state index contributed by atoms with van der Waals surface area (Å²) in [6.07, 6.45) is 11.0. The Morgan fingerprint density at radius 1 is 1.11 bits per heavy atom. The van der Waals surface area contributed by atoms with Crippen molar-refractivity contribution in [2.24, 2.45) is 0 Å². The molecule has 0 saturated carbocycles. The Morgan fingerprint density at radius 3 is 2.22 bits per heavy atom. The predicted molar refractivity (Wildman–Crippen MR) is 86.9 cm³/mol. The zero-order valence-electron chi connectivity index (χ0n) is 12.4. The van der Waals surface area contributed by atoms with E-state index in [0.717, 1.165) is 3.93 Å². The van der Waals surface area contributed by atoms with Crippen LogP contribution < -0.4 is 0 Å². The van der Waals surface area contributed by atoms with Crippen molar-refractivity contribution in [2.45, 2.75) is 76.1 Å². The molecule has 1 unspecified atom stereocenters. The Morgan fingerprint density at radius 2 is 1.72 bits per heavy atom. The van der Waals surface area contributed by atoms with Crippen LogP contribution in [0.2, 0.25) is 3.93 Å². The Bertz CT molecular complexity index is 242. The summed E-state index contributed by atoms with van der Waals surface area (Å²) in [5.74, 6) is 0. The molecular formula is C16H29SSn. The summed E-state index contributed by atoms with van der Waals surface area (Å²) in [4.78, 5) is 0. The molecule has 2 heteroatoms. The fourth-order valence-electron chi connectivity index (χ4n) is 1.54. The molecule has 0 aliphatic carbocycles. The van der Waals surface area contributed by atoms with Crippen molar-refractivity contribution in [3.05, 3.63) is 22.4 Å². The van der Waals surface area contributed by atoms with Gasteiger partial charge < -0.3 is 0 Å². The molecule has 103 valence electrons. The van der Waals surface area contributed by atoms with Crippen molar-refractivity contribution < 1.29 is 0 Å².